The van der Waals surface area contributed by atoms with E-state index in [2.05, 4.69) is 22.7 Å². The zero-order chi connectivity index (χ0) is 11.8. The molecule has 0 aliphatic heterocycles. The standard InChI is InChI=1S/C10H13N3O2S/c1-2-14-15-9-6-4-3-5-8(9)7-12-13-10(11)16/h3-7H,2H2,1H3,(H3,11,13,16). The van der Waals surface area contributed by atoms with E-state index in [0.29, 0.717) is 12.4 Å². The third-order valence-electron chi connectivity index (χ3n) is 1.56. The Morgan fingerprint density at radius 1 is 1.56 bits per heavy atom. The van der Waals surface area contributed by atoms with Gasteiger partial charge in [0.1, 0.15) is 0 Å². The highest BCUT2D eigenvalue weighted by Gasteiger charge is 2.00. The second-order valence-corrected chi connectivity index (χ2v) is 3.20. The molecular weight excluding hydrogens is 226 g/mol. The fourth-order valence-corrected chi connectivity index (χ4v) is 1.00. The quantitative estimate of drug-likeness (QED) is 0.349. The Kier molecular flexibility index (Phi) is 5.24. The van der Waals surface area contributed by atoms with Gasteiger partial charge in [0.05, 0.1) is 12.8 Å². The molecule has 0 radical (unpaired) electrons. The molecule has 0 atom stereocenters. The molecule has 0 spiro atoms. The van der Waals surface area contributed by atoms with Crippen molar-refractivity contribution < 1.29 is 9.78 Å². The van der Waals surface area contributed by atoms with Gasteiger partial charge in [-0.2, -0.15) is 9.99 Å². The van der Waals surface area contributed by atoms with Gasteiger partial charge >= 0.3 is 0 Å². The van der Waals surface area contributed by atoms with E-state index in [9.17, 15) is 0 Å². The number of nitrogens with one attached hydrogen (secondary N) is 1. The molecule has 0 heterocycles. The number of nitrogens with two attached hydrogens (primary N) is 1. The summed E-state index contributed by atoms with van der Waals surface area (Å²) in [5.41, 5.74) is 8.45. The fraction of sp³-hybridized carbons (Fsp3) is 0.200. The van der Waals surface area contributed by atoms with Crippen LogP contribution in [0.3, 0.4) is 0 Å². The predicted octanol–water partition coefficient (Wildman–Crippen LogP) is 1.18. The summed E-state index contributed by atoms with van der Waals surface area (Å²) in [5.74, 6) is 0.581. The maximum absolute atomic E-state index is 5.23. The number of rotatable bonds is 5. The Balaban J connectivity index is 2.70. The van der Waals surface area contributed by atoms with Crippen LogP contribution in [0.5, 0.6) is 5.75 Å². The first-order valence-electron chi connectivity index (χ1n) is 4.71. The number of thiocarbonyl (C=S) groups is 1. The first-order chi connectivity index (χ1) is 7.74. The Hall–Kier alpha value is -1.66. The number of hydrazone groups is 1. The van der Waals surface area contributed by atoms with Crippen molar-refractivity contribution in [3.63, 3.8) is 0 Å². The summed E-state index contributed by atoms with van der Waals surface area (Å²) in [4.78, 5) is 9.92. The molecule has 0 bridgehead atoms. The molecule has 0 unspecified atom stereocenters. The topological polar surface area (TPSA) is 68.9 Å². The van der Waals surface area contributed by atoms with Crippen molar-refractivity contribution in [1.29, 1.82) is 0 Å². The monoisotopic (exact) mass is 239 g/mol. The Morgan fingerprint density at radius 2 is 2.31 bits per heavy atom. The van der Waals surface area contributed by atoms with Crippen LogP contribution in [0.4, 0.5) is 0 Å². The first kappa shape index (κ1) is 12.4. The van der Waals surface area contributed by atoms with Crippen molar-refractivity contribution in [3.05, 3.63) is 29.8 Å². The molecule has 0 saturated heterocycles. The molecule has 1 aromatic rings. The van der Waals surface area contributed by atoms with E-state index < -0.39 is 0 Å². The molecule has 86 valence electrons. The van der Waals surface area contributed by atoms with Crippen molar-refractivity contribution >= 4 is 23.5 Å². The van der Waals surface area contributed by atoms with Gasteiger partial charge in [0, 0.05) is 5.56 Å². The Bertz CT molecular complexity index is 382. The molecule has 16 heavy (non-hydrogen) atoms. The van der Waals surface area contributed by atoms with Gasteiger partial charge in [-0.15, -0.1) is 0 Å². The lowest BCUT2D eigenvalue weighted by molar-refractivity contribution is -0.202. The number of hydrogen-bond donors (Lipinski definition) is 2. The van der Waals surface area contributed by atoms with Crippen molar-refractivity contribution in [1.82, 2.24) is 5.43 Å². The molecule has 0 saturated carbocycles. The second kappa shape index (κ2) is 6.76. The number of hydrogen-bond acceptors (Lipinski definition) is 4. The lowest BCUT2D eigenvalue weighted by Gasteiger charge is -2.05. The van der Waals surface area contributed by atoms with Crippen LogP contribution in [0, 0.1) is 0 Å². The average molecular weight is 239 g/mol. The van der Waals surface area contributed by atoms with E-state index in [4.69, 9.17) is 15.5 Å². The van der Waals surface area contributed by atoms with E-state index in [0.717, 1.165) is 5.56 Å². The van der Waals surface area contributed by atoms with Crippen LogP contribution in [-0.4, -0.2) is 17.9 Å². The summed E-state index contributed by atoms with van der Waals surface area (Å²) in [6, 6.07) is 7.31. The summed E-state index contributed by atoms with van der Waals surface area (Å²) in [5, 5.41) is 3.94. The Labute approximate surface area is 99.2 Å². The third-order valence-corrected chi connectivity index (χ3v) is 1.66. The van der Waals surface area contributed by atoms with Gasteiger partial charge in [0.15, 0.2) is 10.9 Å². The highest BCUT2D eigenvalue weighted by atomic mass is 32.1. The van der Waals surface area contributed by atoms with E-state index in [1.807, 2.05) is 25.1 Å². The molecular formula is C10H13N3O2S. The van der Waals surface area contributed by atoms with Gasteiger partial charge in [-0.05, 0) is 31.3 Å². The largest absolute Gasteiger partial charge is 0.375 e. The van der Waals surface area contributed by atoms with Gasteiger partial charge in [-0.1, -0.05) is 12.1 Å². The zero-order valence-corrected chi connectivity index (χ0v) is 9.66. The molecule has 0 fully saturated rings. The molecule has 1 aromatic carbocycles. The SMILES string of the molecule is CCOOc1ccccc1C=NNC(N)=S. The van der Waals surface area contributed by atoms with Gasteiger partial charge in [-0.25, -0.2) is 0 Å². The molecule has 1 rings (SSSR count). The number of para-hydroxylation sites is 1. The van der Waals surface area contributed by atoms with E-state index in [1.54, 1.807) is 12.3 Å². The second-order valence-electron chi connectivity index (χ2n) is 2.76. The van der Waals surface area contributed by atoms with E-state index in [-0.39, 0.29) is 5.11 Å². The van der Waals surface area contributed by atoms with Crippen molar-refractivity contribution in [3.8, 4) is 5.75 Å². The summed E-state index contributed by atoms with van der Waals surface area (Å²) in [7, 11) is 0. The summed E-state index contributed by atoms with van der Waals surface area (Å²) < 4.78 is 0. The molecule has 5 nitrogen and oxygen atoms in total. The van der Waals surface area contributed by atoms with Gasteiger partial charge < -0.3 is 10.6 Å². The molecule has 6 heteroatoms. The van der Waals surface area contributed by atoms with Gasteiger partial charge in [-0.3, -0.25) is 5.43 Å². The maximum Gasteiger partial charge on any atom is 0.184 e. The van der Waals surface area contributed by atoms with Crippen LogP contribution in [0.2, 0.25) is 0 Å². The van der Waals surface area contributed by atoms with Crippen LogP contribution >= 0.6 is 12.2 Å². The fourth-order valence-electron chi connectivity index (χ4n) is 0.951. The highest BCUT2D eigenvalue weighted by Crippen LogP contribution is 2.15. The summed E-state index contributed by atoms with van der Waals surface area (Å²) >= 11 is 4.61. The van der Waals surface area contributed by atoms with E-state index >= 15 is 0 Å². The van der Waals surface area contributed by atoms with Crippen molar-refractivity contribution in [2.75, 3.05) is 6.61 Å². The first-order valence-corrected chi connectivity index (χ1v) is 5.12. The lowest BCUT2D eigenvalue weighted by Crippen LogP contribution is -2.24. The molecule has 0 aliphatic carbocycles. The molecule has 0 amide bonds. The van der Waals surface area contributed by atoms with Crippen molar-refractivity contribution in [2.24, 2.45) is 10.8 Å². The van der Waals surface area contributed by atoms with Crippen LogP contribution in [0.15, 0.2) is 29.4 Å². The third kappa shape index (κ3) is 4.24. The Morgan fingerprint density at radius 3 is 3.00 bits per heavy atom. The molecule has 0 aliphatic rings. The highest BCUT2D eigenvalue weighted by molar-refractivity contribution is 7.80. The van der Waals surface area contributed by atoms with Gasteiger partial charge in [0.25, 0.3) is 0 Å². The van der Waals surface area contributed by atoms with Crippen LogP contribution in [0.25, 0.3) is 0 Å². The smallest absolute Gasteiger partial charge is 0.184 e. The summed E-state index contributed by atoms with van der Waals surface area (Å²) in [6.07, 6.45) is 1.55. The molecule has 0 aromatic heterocycles. The lowest BCUT2D eigenvalue weighted by atomic mass is 10.2. The minimum atomic E-state index is 0.111. The van der Waals surface area contributed by atoms with E-state index in [1.165, 1.54) is 0 Å². The van der Waals surface area contributed by atoms with Crippen LogP contribution in [-0.2, 0) is 4.89 Å². The predicted molar refractivity (Wildman–Crippen MR) is 66.2 cm³/mol. The minimum Gasteiger partial charge on any atom is -0.375 e. The zero-order valence-electron chi connectivity index (χ0n) is 8.84. The number of benzene rings is 1. The average Bonchev–Trinajstić information content (AvgIpc) is 2.27. The maximum atomic E-state index is 5.23. The normalized spacial score (nSPS) is 10.3. The van der Waals surface area contributed by atoms with Gasteiger partial charge in [0.2, 0.25) is 0 Å². The molecule has 3 N–H and O–H groups in total. The number of nitrogens with zero attached hydrogens (tertiary/aromatic N) is 1. The minimum absolute atomic E-state index is 0.111. The van der Waals surface area contributed by atoms with Crippen LogP contribution < -0.4 is 16.0 Å². The summed E-state index contributed by atoms with van der Waals surface area (Å²) in [6.45, 7) is 2.31. The van der Waals surface area contributed by atoms with Crippen LogP contribution in [0.1, 0.15) is 12.5 Å². The van der Waals surface area contributed by atoms with Crippen molar-refractivity contribution in [2.45, 2.75) is 6.92 Å².